The van der Waals surface area contributed by atoms with Crippen molar-refractivity contribution in [3.8, 4) is 33.9 Å². The Bertz CT molecular complexity index is 2420. The van der Waals surface area contributed by atoms with Gasteiger partial charge in [-0.2, -0.15) is 0 Å². The first-order chi connectivity index (χ1) is 23.7. The van der Waals surface area contributed by atoms with Crippen LogP contribution >= 0.6 is 0 Å². The normalized spacial score (nSPS) is 13.2. The van der Waals surface area contributed by atoms with Gasteiger partial charge >= 0.3 is 0 Å². The van der Waals surface area contributed by atoms with Gasteiger partial charge in [0.2, 0.25) is 0 Å². The first-order valence-corrected chi connectivity index (χ1v) is 32.1. The third kappa shape index (κ3) is 6.40. The van der Waals surface area contributed by atoms with Crippen LogP contribution in [0, 0.1) is 6.92 Å². The average molecular weight is 739 g/mol. The second kappa shape index (κ2) is 12.0. The van der Waals surface area contributed by atoms with Gasteiger partial charge in [0.25, 0.3) is 0 Å². The number of nitrogens with zero attached hydrogens (tertiary/aromatic N) is 6. The van der Waals surface area contributed by atoms with E-state index in [-0.39, 0.29) is 0 Å². The summed E-state index contributed by atoms with van der Waals surface area (Å²) in [5, 5.41) is 7.21. The molecule has 0 unspecified atom stereocenters. The molecule has 7 rings (SSSR count). The third-order valence-electron chi connectivity index (χ3n) is 9.65. The van der Waals surface area contributed by atoms with Crippen molar-refractivity contribution in [1.29, 1.82) is 0 Å². The fourth-order valence-corrected chi connectivity index (χ4v) is 10.5. The van der Waals surface area contributed by atoms with Gasteiger partial charge in [0.15, 0.2) is 11.6 Å². The van der Waals surface area contributed by atoms with Crippen LogP contribution in [0.5, 0.6) is 0 Å². The Morgan fingerprint density at radius 1 is 0.373 bits per heavy atom. The molecule has 2 heterocycles. The number of hydrogen-bond acceptors (Lipinski definition) is 6. The molecule has 0 saturated heterocycles. The molecule has 0 aliphatic carbocycles. The minimum Gasteiger partial charge on any atom is -0.229 e. The molecule has 260 valence electrons. The standard InChI is InChI=1S/C41H50N6Si4/c1-25-16-14-15-17-27(25)32-24-33-31(37-44-40(50(8,9)10)47-41(45-37)51(11,12)13)21-19-26-18-20-28-30(23-22-29(32)35(28)34(26)33)36-42-38(48(2,3)4)46-39(43-36)49(5,6)7/h14-24H,1-13H3. The van der Waals surface area contributed by atoms with Crippen molar-refractivity contribution in [1.82, 2.24) is 29.9 Å². The van der Waals surface area contributed by atoms with Crippen molar-refractivity contribution in [2.75, 3.05) is 0 Å². The van der Waals surface area contributed by atoms with Crippen LogP contribution in [0.25, 0.3) is 66.2 Å². The molecular formula is C41H50N6Si4. The van der Waals surface area contributed by atoms with Crippen LogP contribution in [-0.4, -0.2) is 62.2 Å². The lowest BCUT2D eigenvalue weighted by atomic mass is 9.85. The van der Waals surface area contributed by atoms with Gasteiger partial charge in [-0.3, -0.25) is 0 Å². The van der Waals surface area contributed by atoms with Crippen molar-refractivity contribution >= 4 is 86.4 Å². The van der Waals surface area contributed by atoms with E-state index in [0.29, 0.717) is 0 Å². The summed E-state index contributed by atoms with van der Waals surface area (Å²) in [7, 11) is -7.36. The fraction of sp³-hybridized carbons (Fsp3) is 0.317. The van der Waals surface area contributed by atoms with Crippen LogP contribution in [-0.2, 0) is 0 Å². The smallest absolute Gasteiger partial charge is 0.162 e. The lowest BCUT2D eigenvalue weighted by Crippen LogP contribution is -2.52. The molecule has 0 saturated carbocycles. The third-order valence-corrected chi connectivity index (χ3v) is 15.9. The molecule has 0 aliphatic heterocycles. The summed E-state index contributed by atoms with van der Waals surface area (Å²) in [5.74, 6) is 1.57. The highest BCUT2D eigenvalue weighted by atomic mass is 28.3. The van der Waals surface area contributed by atoms with Crippen LogP contribution in [0.2, 0.25) is 78.6 Å². The van der Waals surface area contributed by atoms with Gasteiger partial charge in [0.05, 0.1) is 0 Å². The van der Waals surface area contributed by atoms with Crippen LogP contribution in [0.1, 0.15) is 5.56 Å². The highest BCUT2D eigenvalue weighted by molar-refractivity contribution is 6.90. The van der Waals surface area contributed by atoms with Gasteiger partial charge in [-0.1, -0.05) is 127 Å². The molecule has 7 aromatic rings. The molecule has 5 aromatic carbocycles. The van der Waals surface area contributed by atoms with Crippen molar-refractivity contribution in [2.45, 2.75) is 85.5 Å². The Kier molecular flexibility index (Phi) is 8.37. The van der Waals surface area contributed by atoms with Gasteiger partial charge in [0.1, 0.15) is 54.1 Å². The lowest BCUT2D eigenvalue weighted by Gasteiger charge is -2.23. The van der Waals surface area contributed by atoms with E-state index < -0.39 is 32.3 Å². The van der Waals surface area contributed by atoms with E-state index >= 15 is 0 Å². The SMILES string of the molecule is Cc1ccccc1-c1cc2c(-c3nc([Si](C)(C)C)nc([Si](C)(C)C)n3)ccc3ccc4c(-c5nc([Si](C)(C)C)nc([Si](C)(C)C)n5)ccc1c4c32. The molecule has 51 heavy (non-hydrogen) atoms. The first kappa shape index (κ1) is 35.4. The summed E-state index contributed by atoms with van der Waals surface area (Å²) >= 11 is 0. The second-order valence-corrected chi connectivity index (χ2v) is 38.0. The van der Waals surface area contributed by atoms with E-state index in [1.165, 1.54) is 38.2 Å². The number of aryl methyl sites for hydroxylation is 1. The highest BCUT2D eigenvalue weighted by Gasteiger charge is 2.31. The Morgan fingerprint density at radius 3 is 1.27 bits per heavy atom. The molecule has 0 aliphatic rings. The molecule has 0 amide bonds. The number of aromatic nitrogens is 6. The molecule has 0 fully saturated rings. The largest absolute Gasteiger partial charge is 0.229 e. The van der Waals surface area contributed by atoms with Crippen LogP contribution in [0.15, 0.2) is 66.7 Å². The summed E-state index contributed by atoms with van der Waals surface area (Å²) in [6.07, 6.45) is 0. The summed E-state index contributed by atoms with van der Waals surface area (Å²) in [5.41, 5.74) is 9.70. The molecule has 0 spiro atoms. The molecule has 0 N–H and O–H groups in total. The molecule has 10 heteroatoms. The average Bonchev–Trinajstić information content (AvgIpc) is 3.05. The second-order valence-electron chi connectivity index (χ2n) is 18.3. The Balaban J connectivity index is 1.63. The molecular weight excluding hydrogens is 689 g/mol. The molecule has 2 aromatic heterocycles. The quantitative estimate of drug-likeness (QED) is 0.121. The van der Waals surface area contributed by atoms with E-state index in [2.05, 4.69) is 152 Å². The van der Waals surface area contributed by atoms with Crippen LogP contribution < -0.4 is 21.8 Å². The monoisotopic (exact) mass is 738 g/mol. The maximum absolute atomic E-state index is 5.26. The van der Waals surface area contributed by atoms with E-state index in [0.717, 1.165) is 55.3 Å². The van der Waals surface area contributed by atoms with E-state index in [9.17, 15) is 0 Å². The summed E-state index contributed by atoms with van der Waals surface area (Å²) in [6.45, 7) is 30.1. The summed E-state index contributed by atoms with van der Waals surface area (Å²) < 4.78 is 0. The summed E-state index contributed by atoms with van der Waals surface area (Å²) in [4.78, 5) is 31.2. The lowest BCUT2D eigenvalue weighted by molar-refractivity contribution is 1.12. The van der Waals surface area contributed by atoms with Crippen molar-refractivity contribution in [3.63, 3.8) is 0 Å². The highest BCUT2D eigenvalue weighted by Crippen LogP contribution is 2.45. The van der Waals surface area contributed by atoms with Gasteiger partial charge in [0, 0.05) is 11.1 Å². The number of benzene rings is 5. The van der Waals surface area contributed by atoms with Gasteiger partial charge in [-0.25, -0.2) is 29.9 Å². The van der Waals surface area contributed by atoms with Crippen molar-refractivity contribution < 1.29 is 0 Å². The topological polar surface area (TPSA) is 77.3 Å². The minimum atomic E-state index is -1.84. The van der Waals surface area contributed by atoms with E-state index in [4.69, 9.17) is 29.9 Å². The molecule has 6 nitrogen and oxygen atoms in total. The maximum atomic E-state index is 5.26. The Hall–Kier alpha value is -3.97. The predicted octanol–water partition coefficient (Wildman–Crippen LogP) is 8.44. The fourth-order valence-electron chi connectivity index (χ4n) is 6.71. The number of rotatable bonds is 7. The molecule has 0 radical (unpaired) electrons. The van der Waals surface area contributed by atoms with E-state index in [1.54, 1.807) is 0 Å². The van der Waals surface area contributed by atoms with Gasteiger partial charge in [-0.05, 0) is 74.1 Å². The first-order valence-electron chi connectivity index (χ1n) is 18.1. The minimum absolute atomic E-state index is 0.783. The number of hydrogen-bond donors (Lipinski definition) is 0. The molecule has 0 bridgehead atoms. The van der Waals surface area contributed by atoms with Crippen molar-refractivity contribution in [2.24, 2.45) is 0 Å². The molecule has 0 atom stereocenters. The zero-order chi connectivity index (χ0) is 36.8. The summed E-state index contributed by atoms with van der Waals surface area (Å²) in [6, 6.07) is 24.7. The zero-order valence-corrected chi connectivity index (χ0v) is 36.5. The maximum Gasteiger partial charge on any atom is 0.162 e. The van der Waals surface area contributed by atoms with E-state index in [1.807, 2.05) is 0 Å². The van der Waals surface area contributed by atoms with Crippen LogP contribution in [0.4, 0.5) is 0 Å². The predicted molar refractivity (Wildman–Crippen MR) is 230 cm³/mol. The Labute approximate surface area is 306 Å². The van der Waals surface area contributed by atoms with Gasteiger partial charge < -0.3 is 0 Å². The van der Waals surface area contributed by atoms with Crippen molar-refractivity contribution in [3.05, 3.63) is 72.3 Å². The zero-order valence-electron chi connectivity index (χ0n) is 32.5. The Morgan fingerprint density at radius 2 is 0.784 bits per heavy atom. The van der Waals surface area contributed by atoms with Gasteiger partial charge in [-0.15, -0.1) is 0 Å². The van der Waals surface area contributed by atoms with Crippen LogP contribution in [0.3, 0.4) is 0 Å².